The van der Waals surface area contributed by atoms with Gasteiger partial charge < -0.3 is 11.1 Å². The lowest BCUT2D eigenvalue weighted by Crippen LogP contribution is -2.18. The minimum absolute atomic E-state index is 0.261. The Morgan fingerprint density at radius 3 is 2.25 bits per heavy atom. The van der Waals surface area contributed by atoms with Crippen LogP contribution < -0.4 is 11.1 Å². The Balaban J connectivity index is 2.31. The molecule has 0 spiro atoms. The fourth-order valence-electron chi connectivity index (χ4n) is 1.83. The molecule has 2 aromatic rings. The lowest BCUT2D eigenvalue weighted by atomic mass is 10.1. The molecule has 102 valence electrons. The number of primary amides is 1. The molecule has 0 fully saturated rings. The molecule has 0 saturated heterocycles. The number of nitrogens with two attached hydrogens (primary N) is 1. The van der Waals surface area contributed by atoms with Gasteiger partial charge in [0.1, 0.15) is 0 Å². The Morgan fingerprint density at radius 1 is 1.00 bits per heavy atom. The number of nitrogens with one attached hydrogen (secondary N) is 1. The van der Waals surface area contributed by atoms with Crippen LogP contribution in [0.1, 0.15) is 20.7 Å². The zero-order valence-electron chi connectivity index (χ0n) is 10.9. The van der Waals surface area contributed by atoms with E-state index in [4.69, 9.17) is 5.73 Å². The summed E-state index contributed by atoms with van der Waals surface area (Å²) in [7, 11) is 0. The Hall–Kier alpha value is -2.27. The van der Waals surface area contributed by atoms with Crippen LogP contribution in [0.4, 0.5) is 5.69 Å². The molecule has 2 aromatic carbocycles. The molecule has 0 radical (unpaired) electrons. The molecule has 0 aliphatic heterocycles. The van der Waals surface area contributed by atoms with Crippen LogP contribution >= 0.6 is 11.8 Å². The molecule has 20 heavy (non-hydrogen) atoms. The molecule has 3 N–H and O–H groups in total. The van der Waals surface area contributed by atoms with E-state index in [1.165, 1.54) is 11.8 Å². The lowest BCUT2D eigenvalue weighted by molar-refractivity contribution is 0.100. The molecule has 0 atom stereocenters. The third-order valence-electron chi connectivity index (χ3n) is 2.79. The Bertz CT molecular complexity index is 656. The monoisotopic (exact) mass is 286 g/mol. The zero-order chi connectivity index (χ0) is 14.5. The van der Waals surface area contributed by atoms with Gasteiger partial charge in [-0.25, -0.2) is 0 Å². The summed E-state index contributed by atoms with van der Waals surface area (Å²) in [5.41, 5.74) is 6.57. The van der Waals surface area contributed by atoms with Crippen molar-refractivity contribution in [2.45, 2.75) is 4.90 Å². The number of anilines is 1. The number of hydrogen-bond acceptors (Lipinski definition) is 3. The second-order valence-electron chi connectivity index (χ2n) is 4.06. The summed E-state index contributed by atoms with van der Waals surface area (Å²) in [5.74, 6) is -0.831. The quantitative estimate of drug-likeness (QED) is 0.849. The van der Waals surface area contributed by atoms with Crippen molar-refractivity contribution in [1.82, 2.24) is 0 Å². The van der Waals surface area contributed by atoms with Gasteiger partial charge in [-0.3, -0.25) is 9.59 Å². The SMILES string of the molecule is CSc1ccccc1C(=O)Nc1ccccc1C(N)=O. The number of carbonyl (C=O) groups is 2. The van der Waals surface area contributed by atoms with E-state index in [0.29, 0.717) is 16.8 Å². The molecule has 0 aliphatic carbocycles. The first-order valence-electron chi connectivity index (χ1n) is 5.96. The van der Waals surface area contributed by atoms with Crippen LogP contribution in [0.15, 0.2) is 53.4 Å². The van der Waals surface area contributed by atoms with Crippen molar-refractivity contribution in [1.29, 1.82) is 0 Å². The van der Waals surface area contributed by atoms with Gasteiger partial charge in [0.15, 0.2) is 0 Å². The van der Waals surface area contributed by atoms with E-state index in [-0.39, 0.29) is 5.91 Å². The first-order valence-corrected chi connectivity index (χ1v) is 7.19. The van der Waals surface area contributed by atoms with Crippen LogP contribution in [0.2, 0.25) is 0 Å². The fourth-order valence-corrected chi connectivity index (χ4v) is 2.42. The summed E-state index contributed by atoms with van der Waals surface area (Å²) < 4.78 is 0. The minimum Gasteiger partial charge on any atom is -0.366 e. The second kappa shape index (κ2) is 6.25. The highest BCUT2D eigenvalue weighted by Gasteiger charge is 2.14. The number of rotatable bonds is 4. The van der Waals surface area contributed by atoms with Crippen molar-refractivity contribution in [2.75, 3.05) is 11.6 Å². The van der Waals surface area contributed by atoms with Crippen LogP contribution in [-0.2, 0) is 0 Å². The molecule has 0 aliphatic rings. The van der Waals surface area contributed by atoms with E-state index in [1.807, 2.05) is 18.4 Å². The number of hydrogen-bond donors (Lipinski definition) is 2. The highest BCUT2D eigenvalue weighted by molar-refractivity contribution is 7.98. The molecular formula is C15H14N2O2S. The largest absolute Gasteiger partial charge is 0.366 e. The van der Waals surface area contributed by atoms with Gasteiger partial charge in [-0.05, 0) is 30.5 Å². The predicted molar refractivity (Wildman–Crippen MR) is 81.1 cm³/mol. The molecular weight excluding hydrogens is 272 g/mol. The van der Waals surface area contributed by atoms with E-state index in [1.54, 1.807) is 36.4 Å². The molecule has 0 saturated carbocycles. The van der Waals surface area contributed by atoms with Gasteiger partial charge in [0.25, 0.3) is 11.8 Å². The molecule has 5 heteroatoms. The molecule has 4 nitrogen and oxygen atoms in total. The molecule has 0 heterocycles. The van der Waals surface area contributed by atoms with Crippen LogP contribution in [0.3, 0.4) is 0 Å². The molecule has 2 rings (SSSR count). The summed E-state index contributed by atoms with van der Waals surface area (Å²) in [6.07, 6.45) is 1.91. The van der Waals surface area contributed by atoms with Crippen molar-refractivity contribution < 1.29 is 9.59 Å². The highest BCUT2D eigenvalue weighted by Crippen LogP contribution is 2.22. The van der Waals surface area contributed by atoms with E-state index in [2.05, 4.69) is 5.32 Å². The average molecular weight is 286 g/mol. The van der Waals surface area contributed by atoms with Crippen LogP contribution in [0, 0.1) is 0 Å². The predicted octanol–water partition coefficient (Wildman–Crippen LogP) is 2.76. The Kier molecular flexibility index (Phi) is 4.42. The maximum absolute atomic E-state index is 12.3. The van der Waals surface area contributed by atoms with Crippen LogP contribution in [0.5, 0.6) is 0 Å². The van der Waals surface area contributed by atoms with Gasteiger partial charge in [-0.1, -0.05) is 24.3 Å². The number of thioether (sulfide) groups is 1. The van der Waals surface area contributed by atoms with Crippen LogP contribution in [-0.4, -0.2) is 18.1 Å². The van der Waals surface area contributed by atoms with Gasteiger partial charge in [0.2, 0.25) is 0 Å². The third kappa shape index (κ3) is 3.00. The number of amides is 2. The maximum atomic E-state index is 12.3. The van der Waals surface area contributed by atoms with E-state index < -0.39 is 5.91 Å². The van der Waals surface area contributed by atoms with E-state index >= 15 is 0 Å². The van der Waals surface area contributed by atoms with E-state index in [9.17, 15) is 9.59 Å². The van der Waals surface area contributed by atoms with E-state index in [0.717, 1.165) is 4.90 Å². The second-order valence-corrected chi connectivity index (χ2v) is 4.91. The normalized spacial score (nSPS) is 10.1. The first kappa shape index (κ1) is 14.1. The molecule has 0 unspecified atom stereocenters. The van der Waals surface area contributed by atoms with Gasteiger partial charge in [-0.2, -0.15) is 0 Å². The van der Waals surface area contributed by atoms with Crippen molar-refractivity contribution in [3.8, 4) is 0 Å². The summed E-state index contributed by atoms with van der Waals surface area (Å²) in [6.45, 7) is 0. The minimum atomic E-state index is -0.570. The average Bonchev–Trinajstić information content (AvgIpc) is 2.47. The van der Waals surface area contributed by atoms with Crippen molar-refractivity contribution in [3.05, 3.63) is 59.7 Å². The van der Waals surface area contributed by atoms with Gasteiger partial charge in [0, 0.05) is 4.90 Å². The van der Waals surface area contributed by atoms with Gasteiger partial charge in [0.05, 0.1) is 16.8 Å². The smallest absolute Gasteiger partial charge is 0.256 e. The summed E-state index contributed by atoms with van der Waals surface area (Å²) >= 11 is 1.49. The summed E-state index contributed by atoms with van der Waals surface area (Å²) in [5, 5.41) is 2.73. The van der Waals surface area contributed by atoms with Crippen molar-refractivity contribution in [3.63, 3.8) is 0 Å². The first-order chi connectivity index (χ1) is 9.63. The number of para-hydroxylation sites is 1. The molecule has 0 aromatic heterocycles. The van der Waals surface area contributed by atoms with Crippen molar-refractivity contribution >= 4 is 29.3 Å². The van der Waals surface area contributed by atoms with Gasteiger partial charge in [-0.15, -0.1) is 11.8 Å². The number of carbonyl (C=O) groups excluding carboxylic acids is 2. The van der Waals surface area contributed by atoms with Crippen LogP contribution in [0.25, 0.3) is 0 Å². The molecule has 2 amide bonds. The zero-order valence-corrected chi connectivity index (χ0v) is 11.7. The standard InChI is InChI=1S/C15H14N2O2S/c1-20-13-9-5-3-7-11(13)15(19)17-12-8-4-2-6-10(12)14(16)18/h2-9H,1H3,(H2,16,18)(H,17,19). The topological polar surface area (TPSA) is 72.2 Å². The lowest BCUT2D eigenvalue weighted by Gasteiger charge is -2.10. The van der Waals surface area contributed by atoms with Crippen molar-refractivity contribution in [2.24, 2.45) is 5.73 Å². The third-order valence-corrected chi connectivity index (χ3v) is 3.59. The Morgan fingerprint density at radius 2 is 1.60 bits per heavy atom. The Labute approximate surface area is 121 Å². The van der Waals surface area contributed by atoms with Gasteiger partial charge >= 0.3 is 0 Å². The highest BCUT2D eigenvalue weighted by atomic mass is 32.2. The summed E-state index contributed by atoms with van der Waals surface area (Å²) in [6, 6.07) is 14.0. The maximum Gasteiger partial charge on any atom is 0.256 e. The number of benzene rings is 2. The summed E-state index contributed by atoms with van der Waals surface area (Å²) in [4.78, 5) is 24.5. The fraction of sp³-hybridized carbons (Fsp3) is 0.0667. The molecule has 0 bridgehead atoms.